The summed E-state index contributed by atoms with van der Waals surface area (Å²) in [5.74, 6) is 0. The predicted octanol–water partition coefficient (Wildman–Crippen LogP) is 2.72. The molecule has 152 valence electrons. The topological polar surface area (TPSA) is 40.7 Å². The summed E-state index contributed by atoms with van der Waals surface area (Å²) < 4.78 is 26.5. The highest BCUT2D eigenvalue weighted by molar-refractivity contribution is 7.66. The van der Waals surface area contributed by atoms with Crippen molar-refractivity contribution in [3.63, 3.8) is 0 Å². The number of rotatable bonds is 14. The molecule has 25 heavy (non-hydrogen) atoms. The predicted molar refractivity (Wildman–Crippen MR) is 111 cm³/mol. The molecule has 0 aliphatic heterocycles. The van der Waals surface area contributed by atoms with Gasteiger partial charge in [0.1, 0.15) is 0 Å². The van der Waals surface area contributed by atoms with E-state index in [1.165, 1.54) is 12.8 Å². The van der Waals surface area contributed by atoms with Gasteiger partial charge in [0.05, 0.1) is 0 Å². The standard InChI is InChI=1S/C16H42N4O3PSi/c1-11-12-14-20(15-13-16-25(21-8,22-9)23-10)24(17(2)3,18(4)5)19(6)7/h11-16H2,1-10H3/q+1. The third kappa shape index (κ3) is 6.19. The highest BCUT2D eigenvalue weighted by atomic mass is 31.2. The van der Waals surface area contributed by atoms with E-state index in [-0.39, 0.29) is 0 Å². The van der Waals surface area contributed by atoms with Crippen LogP contribution < -0.4 is 0 Å². The van der Waals surface area contributed by atoms with E-state index in [2.05, 4.69) is 67.9 Å². The van der Waals surface area contributed by atoms with Gasteiger partial charge in [-0.3, -0.25) is 0 Å². The molecule has 0 N–H and O–H groups in total. The highest BCUT2D eigenvalue weighted by Gasteiger charge is 2.54. The van der Waals surface area contributed by atoms with Gasteiger partial charge < -0.3 is 13.3 Å². The van der Waals surface area contributed by atoms with Crippen LogP contribution in [0.5, 0.6) is 0 Å². The van der Waals surface area contributed by atoms with Crippen molar-refractivity contribution in [2.24, 2.45) is 0 Å². The van der Waals surface area contributed by atoms with Crippen molar-refractivity contribution in [2.45, 2.75) is 32.2 Å². The van der Waals surface area contributed by atoms with Crippen molar-refractivity contribution >= 4 is 16.7 Å². The lowest BCUT2D eigenvalue weighted by molar-refractivity contribution is 0.122. The third-order valence-corrected chi connectivity index (χ3v) is 11.8. The van der Waals surface area contributed by atoms with Gasteiger partial charge in [0.2, 0.25) is 0 Å². The molecule has 0 aliphatic carbocycles. The molecule has 7 nitrogen and oxygen atoms in total. The van der Waals surface area contributed by atoms with Crippen molar-refractivity contribution in [3.8, 4) is 0 Å². The van der Waals surface area contributed by atoms with E-state index in [0.717, 1.165) is 25.6 Å². The van der Waals surface area contributed by atoms with Crippen molar-refractivity contribution in [1.29, 1.82) is 0 Å². The van der Waals surface area contributed by atoms with Crippen LogP contribution in [0.25, 0.3) is 0 Å². The quantitative estimate of drug-likeness (QED) is 0.330. The van der Waals surface area contributed by atoms with E-state index in [9.17, 15) is 0 Å². The Labute approximate surface area is 158 Å². The summed E-state index contributed by atoms with van der Waals surface area (Å²) >= 11 is 0. The van der Waals surface area contributed by atoms with E-state index in [0.29, 0.717) is 0 Å². The molecule has 0 heterocycles. The Morgan fingerprint density at radius 1 is 0.720 bits per heavy atom. The monoisotopic (exact) mass is 397 g/mol. The van der Waals surface area contributed by atoms with Crippen LogP contribution in [0.2, 0.25) is 6.04 Å². The summed E-state index contributed by atoms with van der Waals surface area (Å²) in [4.78, 5) is 0. The van der Waals surface area contributed by atoms with Crippen molar-refractivity contribution in [2.75, 3.05) is 76.7 Å². The SMILES string of the molecule is CCCCN(CCC[Si](OC)(OC)OC)[P+](N(C)C)(N(C)C)N(C)C. The zero-order chi connectivity index (χ0) is 19.7. The molecule has 0 saturated carbocycles. The second-order valence-corrected chi connectivity index (χ2v) is 13.9. The molecule has 0 saturated heterocycles. The summed E-state index contributed by atoms with van der Waals surface area (Å²) in [6, 6.07) is 0.827. The summed E-state index contributed by atoms with van der Waals surface area (Å²) in [5, 5.41) is 0. The lowest BCUT2D eigenvalue weighted by atomic mass is 10.3. The molecule has 0 fully saturated rings. The van der Waals surface area contributed by atoms with Gasteiger partial charge in [0, 0.05) is 82.7 Å². The Morgan fingerprint density at radius 2 is 1.12 bits per heavy atom. The first-order valence-electron chi connectivity index (χ1n) is 9.01. The molecule has 0 bridgehead atoms. The van der Waals surface area contributed by atoms with Gasteiger partial charge in [-0.1, -0.05) is 13.3 Å². The highest BCUT2D eigenvalue weighted by Crippen LogP contribution is 2.66. The van der Waals surface area contributed by atoms with Gasteiger partial charge in [-0.2, -0.15) is 0 Å². The van der Waals surface area contributed by atoms with Crippen LogP contribution in [0.15, 0.2) is 0 Å². The Kier molecular flexibility index (Phi) is 12.1. The first-order valence-corrected chi connectivity index (χ1v) is 12.5. The van der Waals surface area contributed by atoms with Crippen molar-refractivity contribution in [1.82, 2.24) is 18.7 Å². The molecule has 0 amide bonds. The molecule has 0 spiro atoms. The van der Waals surface area contributed by atoms with E-state index in [1.54, 1.807) is 21.3 Å². The number of hydrogen-bond donors (Lipinski definition) is 0. The molecule has 0 aromatic heterocycles. The molecule has 0 aromatic rings. The van der Waals surface area contributed by atoms with Crippen molar-refractivity contribution < 1.29 is 13.3 Å². The number of hydrogen-bond acceptors (Lipinski definition) is 7. The molecule has 9 heteroatoms. The fraction of sp³-hybridized carbons (Fsp3) is 1.00. The summed E-state index contributed by atoms with van der Waals surface area (Å²) in [5.41, 5.74) is 0. The zero-order valence-electron chi connectivity index (χ0n) is 18.2. The lowest BCUT2D eigenvalue weighted by Crippen LogP contribution is -2.48. The zero-order valence-corrected chi connectivity index (χ0v) is 20.1. The summed E-state index contributed by atoms with van der Waals surface area (Å²) in [6.45, 7) is 4.32. The van der Waals surface area contributed by atoms with Crippen molar-refractivity contribution in [3.05, 3.63) is 0 Å². The lowest BCUT2D eigenvalue weighted by Gasteiger charge is -2.45. The Balaban J connectivity index is 5.39. The minimum Gasteiger partial charge on any atom is -0.377 e. The van der Waals surface area contributed by atoms with Gasteiger partial charge in [-0.05, 0) is 12.8 Å². The Morgan fingerprint density at radius 3 is 1.44 bits per heavy atom. The van der Waals surface area contributed by atoms with Gasteiger partial charge in [0.15, 0.2) is 0 Å². The Hall–Kier alpha value is 0.367. The van der Waals surface area contributed by atoms with Gasteiger partial charge in [-0.15, -0.1) is 18.7 Å². The molecular formula is C16H42N4O3PSi+. The Bertz CT molecular complexity index is 328. The minimum atomic E-state index is -2.51. The molecule has 0 aliphatic rings. The van der Waals surface area contributed by atoms with E-state index >= 15 is 0 Å². The second kappa shape index (κ2) is 12.0. The molecule has 0 unspecified atom stereocenters. The maximum atomic E-state index is 5.58. The third-order valence-electron chi connectivity index (χ3n) is 4.59. The second-order valence-electron chi connectivity index (χ2n) is 6.78. The van der Waals surface area contributed by atoms with Crippen LogP contribution >= 0.6 is 7.87 Å². The maximum Gasteiger partial charge on any atom is 0.500 e. The van der Waals surface area contributed by atoms with Crippen LogP contribution in [-0.4, -0.2) is 104 Å². The minimum absolute atomic E-state index is 0.827. The fourth-order valence-corrected chi connectivity index (χ4v) is 9.77. The van der Waals surface area contributed by atoms with Crippen LogP contribution in [0.3, 0.4) is 0 Å². The first kappa shape index (κ1) is 25.4. The van der Waals surface area contributed by atoms with E-state index < -0.39 is 16.7 Å². The first-order chi connectivity index (χ1) is 11.7. The van der Waals surface area contributed by atoms with Gasteiger partial charge >= 0.3 is 16.7 Å². The molecule has 0 radical (unpaired) electrons. The fourth-order valence-electron chi connectivity index (χ4n) is 3.59. The normalized spacial score (nSPS) is 13.7. The average Bonchev–Trinajstić information content (AvgIpc) is 2.55. The summed E-state index contributed by atoms with van der Waals surface area (Å²) in [7, 11) is 13.9. The number of nitrogens with zero attached hydrogens (tertiary/aromatic N) is 4. The maximum absolute atomic E-state index is 5.58. The average molecular weight is 398 g/mol. The smallest absolute Gasteiger partial charge is 0.377 e. The number of unbranched alkanes of at least 4 members (excludes halogenated alkanes) is 1. The van der Waals surface area contributed by atoms with Crippen LogP contribution in [0.1, 0.15) is 26.2 Å². The summed E-state index contributed by atoms with van der Waals surface area (Å²) in [6.07, 6.45) is 3.37. The molecular weight excluding hydrogens is 355 g/mol. The largest absolute Gasteiger partial charge is 0.500 e. The molecule has 0 rings (SSSR count). The van der Waals surface area contributed by atoms with Crippen LogP contribution in [0, 0.1) is 0 Å². The molecule has 0 aromatic carbocycles. The van der Waals surface area contributed by atoms with Gasteiger partial charge in [-0.25, -0.2) is 0 Å². The van der Waals surface area contributed by atoms with Crippen LogP contribution in [-0.2, 0) is 13.3 Å². The van der Waals surface area contributed by atoms with E-state index in [1.807, 2.05) is 0 Å². The van der Waals surface area contributed by atoms with E-state index in [4.69, 9.17) is 13.3 Å². The van der Waals surface area contributed by atoms with Gasteiger partial charge in [0.25, 0.3) is 0 Å². The molecule has 0 atom stereocenters. The van der Waals surface area contributed by atoms with Crippen LogP contribution in [0.4, 0.5) is 0 Å².